The van der Waals surface area contributed by atoms with E-state index < -0.39 is 0 Å². The Morgan fingerprint density at radius 3 is 2.72 bits per heavy atom. The van der Waals surface area contributed by atoms with Crippen molar-refractivity contribution in [3.8, 4) is 5.75 Å². The summed E-state index contributed by atoms with van der Waals surface area (Å²) in [5, 5.41) is 9.45. The molecular weight excluding hydrogens is 226 g/mol. The molecule has 0 saturated heterocycles. The summed E-state index contributed by atoms with van der Waals surface area (Å²) in [6.45, 7) is 5.16. The van der Waals surface area contributed by atoms with Crippen molar-refractivity contribution in [3.05, 3.63) is 29.8 Å². The van der Waals surface area contributed by atoms with Gasteiger partial charge in [-0.15, -0.1) is 0 Å². The van der Waals surface area contributed by atoms with Crippen LogP contribution >= 0.6 is 0 Å². The van der Waals surface area contributed by atoms with Gasteiger partial charge in [0.1, 0.15) is 5.75 Å². The van der Waals surface area contributed by atoms with Crippen LogP contribution in [0.25, 0.3) is 0 Å². The largest absolute Gasteiger partial charge is 0.508 e. The number of aromatic hydroxyl groups is 1. The third-order valence-corrected chi connectivity index (χ3v) is 3.29. The molecule has 0 unspecified atom stereocenters. The third kappa shape index (κ3) is 3.25. The molecule has 0 atom stereocenters. The summed E-state index contributed by atoms with van der Waals surface area (Å²) in [6, 6.07) is 7.04. The molecule has 1 N–H and O–H groups in total. The van der Waals surface area contributed by atoms with Gasteiger partial charge in [-0.1, -0.05) is 19.9 Å². The third-order valence-electron chi connectivity index (χ3n) is 3.29. The van der Waals surface area contributed by atoms with Crippen molar-refractivity contribution in [3.63, 3.8) is 0 Å². The number of phenolic OH excluding ortho intramolecular Hbond substituents is 1. The first kappa shape index (κ1) is 12.9. The predicted molar refractivity (Wildman–Crippen MR) is 71.6 cm³/mol. The van der Waals surface area contributed by atoms with Gasteiger partial charge < -0.3 is 10.0 Å². The molecular formula is C15H21NO2. The number of nitrogens with zero attached hydrogens (tertiary/aromatic N) is 1. The van der Waals surface area contributed by atoms with E-state index >= 15 is 0 Å². The average Bonchev–Trinajstić information content (AvgIpc) is 3.13. The summed E-state index contributed by atoms with van der Waals surface area (Å²) in [7, 11) is 0. The maximum Gasteiger partial charge on any atom is 0.254 e. The van der Waals surface area contributed by atoms with Crippen LogP contribution in [0.5, 0.6) is 5.75 Å². The fourth-order valence-corrected chi connectivity index (χ4v) is 2.04. The minimum Gasteiger partial charge on any atom is -0.508 e. The Hall–Kier alpha value is -1.51. The van der Waals surface area contributed by atoms with Crippen molar-refractivity contribution in [1.29, 1.82) is 0 Å². The van der Waals surface area contributed by atoms with E-state index in [0.29, 0.717) is 17.5 Å². The molecule has 2 rings (SSSR count). The van der Waals surface area contributed by atoms with Crippen molar-refractivity contribution in [2.75, 3.05) is 6.54 Å². The molecule has 1 saturated carbocycles. The number of phenols is 1. The molecule has 1 aromatic carbocycles. The summed E-state index contributed by atoms with van der Waals surface area (Å²) in [4.78, 5) is 14.4. The van der Waals surface area contributed by atoms with E-state index in [9.17, 15) is 9.90 Å². The summed E-state index contributed by atoms with van der Waals surface area (Å²) in [6.07, 6.45) is 3.26. The second-order valence-corrected chi connectivity index (χ2v) is 5.46. The second-order valence-electron chi connectivity index (χ2n) is 5.46. The lowest BCUT2D eigenvalue weighted by atomic mass is 10.1. The van der Waals surface area contributed by atoms with Gasteiger partial charge in [0.2, 0.25) is 0 Å². The number of carbonyl (C=O) groups excluding carboxylic acids is 1. The summed E-state index contributed by atoms with van der Waals surface area (Å²) < 4.78 is 0. The first-order valence-corrected chi connectivity index (χ1v) is 6.68. The van der Waals surface area contributed by atoms with Crippen molar-refractivity contribution in [2.45, 2.75) is 39.2 Å². The molecule has 1 aliphatic carbocycles. The molecule has 1 aliphatic rings. The maximum atomic E-state index is 12.4. The monoisotopic (exact) mass is 247 g/mol. The van der Waals surface area contributed by atoms with Crippen LogP contribution in [0.2, 0.25) is 0 Å². The molecule has 0 aliphatic heterocycles. The minimum absolute atomic E-state index is 0.0500. The van der Waals surface area contributed by atoms with E-state index in [1.807, 2.05) is 4.90 Å². The minimum atomic E-state index is 0.0500. The molecule has 3 heteroatoms. The van der Waals surface area contributed by atoms with Crippen molar-refractivity contribution in [1.82, 2.24) is 4.90 Å². The second kappa shape index (κ2) is 5.42. The quantitative estimate of drug-likeness (QED) is 0.868. The highest BCUT2D eigenvalue weighted by Crippen LogP contribution is 2.29. The smallest absolute Gasteiger partial charge is 0.254 e. The van der Waals surface area contributed by atoms with Gasteiger partial charge in [-0.05, 0) is 43.4 Å². The Kier molecular flexibility index (Phi) is 3.90. The highest BCUT2D eigenvalue weighted by Gasteiger charge is 2.32. The molecule has 98 valence electrons. The van der Waals surface area contributed by atoms with E-state index in [0.717, 1.165) is 25.8 Å². The van der Waals surface area contributed by atoms with Gasteiger partial charge in [-0.3, -0.25) is 4.79 Å². The Labute approximate surface area is 108 Å². The zero-order chi connectivity index (χ0) is 13.1. The molecule has 0 radical (unpaired) electrons. The van der Waals surface area contributed by atoms with E-state index in [4.69, 9.17) is 0 Å². The van der Waals surface area contributed by atoms with Gasteiger partial charge in [0.05, 0.1) is 0 Å². The van der Waals surface area contributed by atoms with Crippen molar-refractivity contribution in [2.24, 2.45) is 5.92 Å². The highest BCUT2D eigenvalue weighted by molar-refractivity contribution is 5.95. The van der Waals surface area contributed by atoms with E-state index in [-0.39, 0.29) is 11.7 Å². The Bertz CT molecular complexity index is 424. The summed E-state index contributed by atoms with van der Waals surface area (Å²) in [5.74, 6) is 0.803. The molecule has 0 spiro atoms. The van der Waals surface area contributed by atoms with Crippen LogP contribution in [0.1, 0.15) is 43.5 Å². The van der Waals surface area contributed by atoms with Crippen LogP contribution in [-0.2, 0) is 0 Å². The number of hydrogen-bond acceptors (Lipinski definition) is 2. The van der Waals surface area contributed by atoms with E-state index in [1.165, 1.54) is 0 Å². The van der Waals surface area contributed by atoms with Crippen LogP contribution in [0.4, 0.5) is 0 Å². The molecule has 1 aromatic rings. The SMILES string of the molecule is CC(C)CCN(C(=O)c1cccc(O)c1)C1CC1. The fourth-order valence-electron chi connectivity index (χ4n) is 2.04. The molecule has 0 bridgehead atoms. The molecule has 18 heavy (non-hydrogen) atoms. The lowest BCUT2D eigenvalue weighted by Crippen LogP contribution is -2.34. The van der Waals surface area contributed by atoms with Gasteiger partial charge in [0.25, 0.3) is 5.91 Å². The summed E-state index contributed by atoms with van der Waals surface area (Å²) in [5.41, 5.74) is 0.589. The number of rotatable bonds is 5. The van der Waals surface area contributed by atoms with Gasteiger partial charge in [0.15, 0.2) is 0 Å². The normalized spacial score (nSPS) is 14.8. The van der Waals surface area contributed by atoms with Gasteiger partial charge in [-0.25, -0.2) is 0 Å². The molecule has 0 aromatic heterocycles. The molecule has 3 nitrogen and oxygen atoms in total. The Morgan fingerprint density at radius 2 is 2.17 bits per heavy atom. The van der Waals surface area contributed by atoms with E-state index in [2.05, 4.69) is 13.8 Å². The van der Waals surface area contributed by atoms with E-state index in [1.54, 1.807) is 24.3 Å². The van der Waals surface area contributed by atoms with Crippen LogP contribution < -0.4 is 0 Å². The highest BCUT2D eigenvalue weighted by atomic mass is 16.3. The molecule has 0 heterocycles. The van der Waals surface area contributed by atoms with Crippen molar-refractivity contribution < 1.29 is 9.90 Å². The average molecular weight is 247 g/mol. The Balaban J connectivity index is 2.08. The zero-order valence-corrected chi connectivity index (χ0v) is 11.1. The number of hydrogen-bond donors (Lipinski definition) is 1. The number of amides is 1. The lowest BCUT2D eigenvalue weighted by molar-refractivity contribution is 0.0735. The van der Waals surface area contributed by atoms with Gasteiger partial charge >= 0.3 is 0 Å². The van der Waals surface area contributed by atoms with Gasteiger partial charge in [0, 0.05) is 18.2 Å². The van der Waals surface area contributed by atoms with Crippen LogP contribution in [-0.4, -0.2) is 28.5 Å². The van der Waals surface area contributed by atoms with Crippen LogP contribution in [0.3, 0.4) is 0 Å². The topological polar surface area (TPSA) is 40.5 Å². The Morgan fingerprint density at radius 1 is 1.44 bits per heavy atom. The maximum absolute atomic E-state index is 12.4. The number of benzene rings is 1. The van der Waals surface area contributed by atoms with Crippen LogP contribution in [0.15, 0.2) is 24.3 Å². The first-order chi connectivity index (χ1) is 8.58. The molecule has 1 fully saturated rings. The molecule has 1 amide bonds. The lowest BCUT2D eigenvalue weighted by Gasteiger charge is -2.23. The predicted octanol–water partition coefficient (Wildman–Crippen LogP) is 3.04. The zero-order valence-electron chi connectivity index (χ0n) is 11.1. The van der Waals surface area contributed by atoms with Crippen molar-refractivity contribution >= 4 is 5.91 Å². The van der Waals surface area contributed by atoms with Gasteiger partial charge in [-0.2, -0.15) is 0 Å². The number of carbonyl (C=O) groups is 1. The fraction of sp³-hybridized carbons (Fsp3) is 0.533. The standard InChI is InChI=1S/C15H21NO2/c1-11(2)8-9-16(13-6-7-13)15(18)12-4-3-5-14(17)10-12/h3-5,10-11,13,17H,6-9H2,1-2H3. The summed E-state index contributed by atoms with van der Waals surface area (Å²) >= 11 is 0. The van der Waals surface area contributed by atoms with Crippen LogP contribution in [0, 0.1) is 5.92 Å². The first-order valence-electron chi connectivity index (χ1n) is 6.68.